The average Bonchev–Trinajstić information content (AvgIpc) is 3.87. The number of nitrogens with zero attached hydrogens (tertiary/aromatic N) is 3. The summed E-state index contributed by atoms with van der Waals surface area (Å²) in [5.41, 5.74) is 13.2. The van der Waals surface area contributed by atoms with E-state index in [4.69, 9.17) is 0 Å². The number of aromatic nitrogens is 2. The molecule has 0 bridgehead atoms. The van der Waals surface area contributed by atoms with Gasteiger partial charge >= 0.3 is 0 Å². The van der Waals surface area contributed by atoms with Crippen molar-refractivity contribution in [1.82, 2.24) is 8.80 Å². The van der Waals surface area contributed by atoms with Crippen LogP contribution in [-0.2, 0) is 0 Å². The second-order valence-corrected chi connectivity index (χ2v) is 14.8. The molecule has 0 saturated carbocycles. The van der Waals surface area contributed by atoms with E-state index in [9.17, 15) is 0 Å². The lowest BCUT2D eigenvalue weighted by Gasteiger charge is -2.27. The highest BCUT2D eigenvalue weighted by Gasteiger charge is 2.24. The molecule has 0 atom stereocenters. The van der Waals surface area contributed by atoms with Gasteiger partial charge in [-0.15, -0.1) is 11.3 Å². The fourth-order valence-electron chi connectivity index (χ4n) is 8.82. The van der Waals surface area contributed by atoms with E-state index in [0.717, 1.165) is 11.4 Å². The monoisotopic (exact) mass is 679 g/mol. The predicted molar refractivity (Wildman–Crippen MR) is 223 cm³/mol. The highest BCUT2D eigenvalue weighted by atomic mass is 32.1. The zero-order valence-electron chi connectivity index (χ0n) is 28.0. The molecule has 12 aromatic rings. The summed E-state index contributed by atoms with van der Waals surface area (Å²) in [5, 5.41) is 7.70. The maximum absolute atomic E-state index is 2.52. The van der Waals surface area contributed by atoms with Crippen LogP contribution in [0.15, 0.2) is 176 Å². The van der Waals surface area contributed by atoms with Crippen LogP contribution in [0.5, 0.6) is 0 Å². The van der Waals surface area contributed by atoms with Crippen molar-refractivity contribution in [3.8, 4) is 11.1 Å². The molecule has 0 amide bonds. The van der Waals surface area contributed by atoms with Gasteiger partial charge in [0.1, 0.15) is 0 Å². The Labute approximate surface area is 302 Å². The van der Waals surface area contributed by atoms with Crippen LogP contribution in [0.4, 0.5) is 17.1 Å². The summed E-state index contributed by atoms with van der Waals surface area (Å²) < 4.78 is 7.60. The van der Waals surface area contributed by atoms with Crippen LogP contribution in [-0.4, -0.2) is 8.80 Å². The summed E-state index contributed by atoms with van der Waals surface area (Å²) >= 11 is 1.86. The topological polar surface area (TPSA) is 12.1 Å². The molecular weight excluding hydrogens is 651 g/mol. The van der Waals surface area contributed by atoms with Crippen molar-refractivity contribution < 1.29 is 0 Å². The van der Waals surface area contributed by atoms with Gasteiger partial charge in [0, 0.05) is 53.1 Å². The van der Waals surface area contributed by atoms with Gasteiger partial charge < -0.3 is 13.7 Å². The second-order valence-electron chi connectivity index (χ2n) is 13.7. The summed E-state index contributed by atoms with van der Waals surface area (Å²) in [6.45, 7) is 0. The van der Waals surface area contributed by atoms with Crippen LogP contribution in [0.2, 0.25) is 0 Å². The molecule has 0 aliphatic carbocycles. The van der Waals surface area contributed by atoms with Gasteiger partial charge in [-0.1, -0.05) is 115 Å². The lowest BCUT2D eigenvalue weighted by molar-refractivity contribution is 1.24. The third-order valence-corrected chi connectivity index (χ3v) is 12.2. The fraction of sp³-hybridized carbons (Fsp3) is 0. The van der Waals surface area contributed by atoms with Crippen LogP contribution in [0.1, 0.15) is 0 Å². The van der Waals surface area contributed by atoms with E-state index in [-0.39, 0.29) is 0 Å². The van der Waals surface area contributed by atoms with Gasteiger partial charge in [-0.3, -0.25) is 0 Å². The quantitative estimate of drug-likeness (QED) is 0.169. The highest BCUT2D eigenvalue weighted by molar-refractivity contribution is 7.26. The summed E-state index contributed by atoms with van der Waals surface area (Å²) in [6.07, 6.45) is 0. The zero-order valence-corrected chi connectivity index (χ0v) is 28.8. The van der Waals surface area contributed by atoms with E-state index in [1.807, 2.05) is 11.3 Å². The Morgan fingerprint density at radius 1 is 0.365 bits per heavy atom. The average molecular weight is 680 g/mol. The first kappa shape index (κ1) is 28.1. The second kappa shape index (κ2) is 10.5. The first-order valence-corrected chi connectivity index (χ1v) is 18.6. The molecule has 0 fully saturated rings. The number of hydrogen-bond donors (Lipinski definition) is 0. The molecule has 3 nitrogen and oxygen atoms in total. The number of thiophene rings is 1. The Morgan fingerprint density at radius 3 is 1.67 bits per heavy atom. The first-order valence-electron chi connectivity index (χ1n) is 17.8. The van der Waals surface area contributed by atoms with Gasteiger partial charge in [-0.2, -0.15) is 0 Å². The molecule has 4 heteroatoms. The Bertz CT molecular complexity index is 3350. The molecule has 0 aliphatic rings. The molecular formula is C48H29N3S. The summed E-state index contributed by atoms with van der Waals surface area (Å²) in [4.78, 5) is 2.46. The van der Waals surface area contributed by atoms with E-state index in [0.29, 0.717) is 0 Å². The largest absolute Gasteiger partial charge is 0.310 e. The fourth-order valence-corrected chi connectivity index (χ4v) is 9.95. The van der Waals surface area contributed by atoms with Gasteiger partial charge in [0.2, 0.25) is 0 Å². The first-order chi connectivity index (χ1) is 25.8. The number of rotatable bonds is 4. The molecule has 0 aliphatic heterocycles. The number of anilines is 3. The summed E-state index contributed by atoms with van der Waals surface area (Å²) in [6, 6.07) is 64.7. The normalized spacial score (nSPS) is 12.2. The maximum Gasteiger partial charge on any atom is 0.0789 e. The van der Waals surface area contributed by atoms with Gasteiger partial charge in [-0.05, 0) is 71.8 Å². The Morgan fingerprint density at radius 2 is 0.942 bits per heavy atom. The van der Waals surface area contributed by atoms with E-state index in [1.165, 1.54) is 91.6 Å². The molecule has 0 saturated heterocycles. The van der Waals surface area contributed by atoms with E-state index < -0.39 is 0 Å². The zero-order chi connectivity index (χ0) is 33.9. The van der Waals surface area contributed by atoms with Crippen LogP contribution in [0.25, 0.3) is 85.9 Å². The van der Waals surface area contributed by atoms with Crippen molar-refractivity contribution in [2.45, 2.75) is 0 Å². The SMILES string of the molecule is c1ccc(-c2ccc(N(c3ccc4c(c3)n3c5ccccc5c5ccc6c7ccccc7n4c6c53)c3cccc4sc5ccccc5c34)cc2)cc1. The van der Waals surface area contributed by atoms with Crippen molar-refractivity contribution in [3.05, 3.63) is 176 Å². The van der Waals surface area contributed by atoms with E-state index >= 15 is 0 Å². The molecule has 0 radical (unpaired) electrons. The van der Waals surface area contributed by atoms with Crippen molar-refractivity contribution in [1.29, 1.82) is 0 Å². The molecule has 242 valence electrons. The van der Waals surface area contributed by atoms with Crippen molar-refractivity contribution in [3.63, 3.8) is 0 Å². The number of fused-ring (bicyclic) bond motifs is 12. The standard InChI is InChI=1S/C48H29N3S/c1-2-11-30(12-3-1)31-21-23-32(24-22-31)49(42-18-10-20-45-46(42)38-15-6-9-19-44(38)52-45)33-25-28-41-43(29-33)51-40-17-8-5-14-35(40)37-27-26-36-34-13-4-7-16-39(34)50(41)47(36)48(37)51/h1-29H. The van der Waals surface area contributed by atoms with Crippen molar-refractivity contribution in [2.24, 2.45) is 0 Å². The van der Waals surface area contributed by atoms with Gasteiger partial charge in [0.25, 0.3) is 0 Å². The maximum atomic E-state index is 2.52. The lowest BCUT2D eigenvalue weighted by Crippen LogP contribution is -2.11. The predicted octanol–water partition coefficient (Wildman–Crippen LogP) is 13.7. The molecule has 0 spiro atoms. The number of para-hydroxylation sites is 2. The molecule has 4 aromatic heterocycles. The number of benzene rings is 8. The van der Waals surface area contributed by atoms with Crippen LogP contribution in [0.3, 0.4) is 0 Å². The minimum Gasteiger partial charge on any atom is -0.310 e. The molecule has 8 aromatic carbocycles. The Kier molecular flexibility index (Phi) is 5.65. The summed E-state index contributed by atoms with van der Waals surface area (Å²) in [5.74, 6) is 0. The highest BCUT2D eigenvalue weighted by Crippen LogP contribution is 2.47. The third kappa shape index (κ3) is 3.74. The number of hydrogen-bond acceptors (Lipinski definition) is 2. The van der Waals surface area contributed by atoms with Crippen LogP contribution >= 0.6 is 11.3 Å². The molecule has 0 unspecified atom stereocenters. The molecule has 4 heterocycles. The van der Waals surface area contributed by atoms with Gasteiger partial charge in [0.15, 0.2) is 0 Å². The van der Waals surface area contributed by atoms with Gasteiger partial charge in [0.05, 0.1) is 38.8 Å². The molecule has 0 N–H and O–H groups in total. The van der Waals surface area contributed by atoms with Gasteiger partial charge in [-0.25, -0.2) is 0 Å². The molecule has 12 rings (SSSR count). The van der Waals surface area contributed by atoms with Crippen molar-refractivity contribution in [2.75, 3.05) is 4.90 Å². The van der Waals surface area contributed by atoms with E-state index in [1.54, 1.807) is 0 Å². The van der Waals surface area contributed by atoms with Crippen LogP contribution < -0.4 is 4.90 Å². The smallest absolute Gasteiger partial charge is 0.0789 e. The van der Waals surface area contributed by atoms with E-state index in [2.05, 4.69) is 190 Å². The Hall–Kier alpha value is -6.62. The Balaban J connectivity index is 1.20. The van der Waals surface area contributed by atoms with Crippen molar-refractivity contribution >= 4 is 103 Å². The minimum absolute atomic E-state index is 1.12. The summed E-state index contributed by atoms with van der Waals surface area (Å²) in [7, 11) is 0. The lowest BCUT2D eigenvalue weighted by atomic mass is 10.0. The van der Waals surface area contributed by atoms with Crippen LogP contribution in [0, 0.1) is 0 Å². The molecule has 52 heavy (non-hydrogen) atoms. The third-order valence-electron chi connectivity index (χ3n) is 11.0. The minimum atomic E-state index is 1.12.